The number of thiazole rings is 1. The molecule has 0 bridgehead atoms. The maximum absolute atomic E-state index is 12.7. The molecule has 12 nitrogen and oxygen atoms in total. The summed E-state index contributed by atoms with van der Waals surface area (Å²) in [4.78, 5) is 64.5. The molecule has 2 aliphatic rings. The average molecular weight is 649 g/mol. The third-order valence-electron chi connectivity index (χ3n) is 8.34. The first-order chi connectivity index (χ1) is 22.4. The van der Waals surface area contributed by atoms with E-state index in [2.05, 4.69) is 68.0 Å². The van der Waals surface area contributed by atoms with E-state index >= 15 is 0 Å². The van der Waals surface area contributed by atoms with E-state index in [0.717, 1.165) is 64.6 Å². The number of pyridine rings is 1. The number of nitrogens with one attached hydrogen (secondary N) is 3. The molecule has 0 saturated carbocycles. The molecule has 0 radical (unpaired) electrons. The largest absolute Gasteiger partial charge is 0.368 e. The molecule has 46 heavy (non-hydrogen) atoms. The van der Waals surface area contributed by atoms with E-state index in [0.29, 0.717) is 32.6 Å². The summed E-state index contributed by atoms with van der Waals surface area (Å²) in [6.45, 7) is 6.45. The lowest BCUT2D eigenvalue weighted by molar-refractivity contribution is -0.133. The summed E-state index contributed by atoms with van der Waals surface area (Å²) in [6, 6.07) is 10.5. The van der Waals surface area contributed by atoms with Crippen LogP contribution in [0.2, 0.25) is 0 Å². The monoisotopic (exact) mass is 648 g/mol. The number of nitrogens with zero attached hydrogens (tertiary/aromatic N) is 5. The van der Waals surface area contributed by atoms with Crippen molar-refractivity contribution in [2.45, 2.75) is 45.4 Å². The number of aromatic nitrogens is 2. The van der Waals surface area contributed by atoms with Crippen LogP contribution in [0.5, 0.6) is 0 Å². The number of Topliss-reactive ketones (excluding diaryl/α,β-unsaturated/α-hetero) is 1. The number of hydrogen-bond donors (Lipinski definition) is 3. The van der Waals surface area contributed by atoms with Crippen molar-refractivity contribution < 1.29 is 19.2 Å². The second-order valence-electron chi connectivity index (χ2n) is 11.8. The SMILES string of the molecule is CCCCCC(=O)CNC(=O)CNCC(=O)NCC(=O)N1CCN(c2ccc3nc(-c4ccc(N5CCCC5)nc4)sc3c2)CC1. The van der Waals surface area contributed by atoms with Gasteiger partial charge in [-0.15, -0.1) is 11.3 Å². The summed E-state index contributed by atoms with van der Waals surface area (Å²) in [5, 5.41) is 8.89. The van der Waals surface area contributed by atoms with Crippen molar-refractivity contribution in [3.05, 3.63) is 36.5 Å². The Labute approximate surface area is 273 Å². The number of ketones is 1. The van der Waals surface area contributed by atoms with E-state index < -0.39 is 0 Å². The molecule has 0 unspecified atom stereocenters. The van der Waals surface area contributed by atoms with Crippen LogP contribution in [0.4, 0.5) is 11.5 Å². The van der Waals surface area contributed by atoms with Crippen molar-refractivity contribution in [1.82, 2.24) is 30.8 Å². The fraction of sp³-hybridized carbons (Fsp3) is 0.515. The van der Waals surface area contributed by atoms with E-state index in [1.54, 1.807) is 16.2 Å². The van der Waals surface area contributed by atoms with Crippen molar-refractivity contribution in [3.63, 3.8) is 0 Å². The summed E-state index contributed by atoms with van der Waals surface area (Å²) in [5.41, 5.74) is 3.08. The zero-order valence-corrected chi connectivity index (χ0v) is 27.4. The highest BCUT2D eigenvalue weighted by atomic mass is 32.1. The first-order valence-electron chi connectivity index (χ1n) is 16.3. The zero-order valence-electron chi connectivity index (χ0n) is 26.6. The fourth-order valence-electron chi connectivity index (χ4n) is 5.65. The normalized spacial score (nSPS) is 14.9. The molecule has 5 rings (SSSR count). The number of amides is 3. The molecular weight excluding hydrogens is 604 g/mol. The summed E-state index contributed by atoms with van der Waals surface area (Å²) in [5.74, 6) is 0.175. The van der Waals surface area contributed by atoms with Crippen molar-refractivity contribution in [2.24, 2.45) is 0 Å². The number of carbonyl (C=O) groups excluding carboxylic acids is 4. The molecule has 2 saturated heterocycles. The summed E-state index contributed by atoms with van der Waals surface area (Å²) >= 11 is 1.66. The van der Waals surface area contributed by atoms with Crippen molar-refractivity contribution in [2.75, 3.05) is 75.2 Å². The smallest absolute Gasteiger partial charge is 0.242 e. The molecule has 1 aromatic carbocycles. The number of anilines is 2. The van der Waals surface area contributed by atoms with Crippen LogP contribution in [0.25, 0.3) is 20.8 Å². The van der Waals surface area contributed by atoms with Crippen LogP contribution in [0.1, 0.15) is 45.4 Å². The molecule has 2 aromatic heterocycles. The second kappa shape index (κ2) is 16.5. The molecular formula is C33H44N8O4S. The van der Waals surface area contributed by atoms with Gasteiger partial charge in [0.05, 0.1) is 36.4 Å². The third kappa shape index (κ3) is 9.23. The Morgan fingerprint density at radius 2 is 1.57 bits per heavy atom. The van der Waals surface area contributed by atoms with Gasteiger partial charge in [0.2, 0.25) is 17.7 Å². The minimum Gasteiger partial charge on any atom is -0.368 e. The minimum absolute atomic E-state index is 0.00114. The molecule has 2 fully saturated rings. The van der Waals surface area contributed by atoms with Crippen molar-refractivity contribution in [3.8, 4) is 10.6 Å². The average Bonchev–Trinajstić information content (AvgIpc) is 3.77. The molecule has 0 spiro atoms. The van der Waals surface area contributed by atoms with Crippen molar-refractivity contribution in [1.29, 1.82) is 0 Å². The van der Waals surface area contributed by atoms with Crippen LogP contribution < -0.4 is 25.8 Å². The molecule has 3 amide bonds. The first kappa shape index (κ1) is 33.3. The van der Waals surface area contributed by atoms with E-state index in [1.807, 2.05) is 6.20 Å². The Kier molecular flexibility index (Phi) is 11.9. The molecule has 246 valence electrons. The molecule has 3 aromatic rings. The van der Waals surface area contributed by atoms with Gasteiger partial charge in [-0.1, -0.05) is 19.8 Å². The van der Waals surface area contributed by atoms with Crippen LogP contribution in [0, 0.1) is 0 Å². The lowest BCUT2D eigenvalue weighted by atomic mass is 10.1. The van der Waals surface area contributed by atoms with Gasteiger partial charge in [-0.05, 0) is 49.6 Å². The van der Waals surface area contributed by atoms with Gasteiger partial charge in [0, 0.05) is 63.1 Å². The maximum Gasteiger partial charge on any atom is 0.242 e. The van der Waals surface area contributed by atoms with Gasteiger partial charge >= 0.3 is 0 Å². The molecule has 13 heteroatoms. The number of carbonyl (C=O) groups is 4. The first-order valence-corrected chi connectivity index (χ1v) is 17.1. The predicted octanol–water partition coefficient (Wildman–Crippen LogP) is 2.58. The van der Waals surface area contributed by atoms with E-state index in [4.69, 9.17) is 4.98 Å². The third-order valence-corrected chi connectivity index (χ3v) is 9.41. The van der Waals surface area contributed by atoms with Gasteiger partial charge < -0.3 is 25.3 Å². The molecule has 4 heterocycles. The summed E-state index contributed by atoms with van der Waals surface area (Å²) in [7, 11) is 0. The van der Waals surface area contributed by atoms with E-state index in [9.17, 15) is 19.2 Å². The summed E-state index contributed by atoms with van der Waals surface area (Å²) < 4.78 is 1.11. The number of fused-ring (bicyclic) bond motifs is 1. The highest BCUT2D eigenvalue weighted by Crippen LogP contribution is 2.33. The van der Waals surface area contributed by atoms with E-state index in [1.165, 1.54) is 12.8 Å². The van der Waals surface area contributed by atoms with Gasteiger partial charge in [-0.2, -0.15) is 0 Å². The number of hydrogen-bond acceptors (Lipinski definition) is 10. The van der Waals surface area contributed by atoms with E-state index in [-0.39, 0.29) is 49.7 Å². The topological polar surface area (TPSA) is 140 Å². The fourth-order valence-corrected chi connectivity index (χ4v) is 6.64. The van der Waals surface area contributed by atoms with Gasteiger partial charge in [-0.3, -0.25) is 24.5 Å². The number of rotatable bonds is 15. The Hall–Kier alpha value is -4.10. The highest BCUT2D eigenvalue weighted by Gasteiger charge is 2.22. The molecule has 3 N–H and O–H groups in total. The molecule has 2 aliphatic heterocycles. The Balaban J connectivity index is 1.01. The predicted molar refractivity (Wildman–Crippen MR) is 181 cm³/mol. The number of unbranched alkanes of at least 4 members (excludes halogenated alkanes) is 2. The zero-order chi connectivity index (χ0) is 32.3. The maximum atomic E-state index is 12.7. The van der Waals surface area contributed by atoms with Gasteiger partial charge in [0.25, 0.3) is 0 Å². The van der Waals surface area contributed by atoms with Gasteiger partial charge in [-0.25, -0.2) is 9.97 Å². The van der Waals surface area contributed by atoms with Gasteiger partial charge in [0.15, 0.2) is 5.78 Å². The van der Waals surface area contributed by atoms with Crippen LogP contribution in [-0.2, 0) is 19.2 Å². The Bertz CT molecular complexity index is 1500. The van der Waals surface area contributed by atoms with Gasteiger partial charge in [0.1, 0.15) is 10.8 Å². The summed E-state index contributed by atoms with van der Waals surface area (Å²) in [6.07, 6.45) is 7.69. The van der Waals surface area contributed by atoms with Crippen molar-refractivity contribution >= 4 is 56.6 Å². The lowest BCUT2D eigenvalue weighted by Gasteiger charge is -2.36. The molecule has 0 atom stereocenters. The number of piperazine rings is 1. The standard InChI is InChI=1S/C33H44N8O4S/c1-2-3-4-7-26(42)20-36-30(43)21-34-22-31(44)37-23-32(45)41-16-14-39(15-17-41)25-9-10-27-28(18-25)46-33(38-27)24-8-11-29(35-19-24)40-12-5-6-13-40/h8-11,18-19,34H,2-7,12-17,20-23H2,1H3,(H,36,43)(H,37,44). The lowest BCUT2D eigenvalue weighted by Crippen LogP contribution is -2.51. The Morgan fingerprint density at radius 1 is 0.826 bits per heavy atom. The second-order valence-corrected chi connectivity index (χ2v) is 12.8. The van der Waals surface area contributed by atoms with Crippen LogP contribution in [-0.4, -0.2) is 104 Å². The van der Waals surface area contributed by atoms with Crippen LogP contribution in [0.3, 0.4) is 0 Å². The number of benzene rings is 1. The van der Waals surface area contributed by atoms with Crippen LogP contribution >= 0.6 is 11.3 Å². The highest BCUT2D eigenvalue weighted by molar-refractivity contribution is 7.21. The quantitative estimate of drug-likeness (QED) is 0.212. The Morgan fingerprint density at radius 3 is 2.26 bits per heavy atom. The molecule has 0 aliphatic carbocycles. The minimum atomic E-state index is -0.369. The van der Waals surface area contributed by atoms with Crippen LogP contribution in [0.15, 0.2) is 36.5 Å².